The van der Waals surface area contributed by atoms with Gasteiger partial charge in [-0.3, -0.25) is 14.4 Å². The largest absolute Gasteiger partial charge is 0.343 e. The molecule has 2 aliphatic heterocycles. The first kappa shape index (κ1) is 23.2. The molecule has 2 saturated heterocycles. The van der Waals surface area contributed by atoms with E-state index >= 15 is 0 Å². The van der Waals surface area contributed by atoms with E-state index in [0.29, 0.717) is 18.7 Å². The molecule has 0 N–H and O–H groups in total. The Hall–Kier alpha value is -2.95. The van der Waals surface area contributed by atoms with E-state index in [9.17, 15) is 14.4 Å². The molecule has 0 spiro atoms. The molecule has 0 unspecified atom stereocenters. The van der Waals surface area contributed by atoms with Crippen molar-refractivity contribution in [3.05, 3.63) is 60.2 Å². The van der Waals surface area contributed by atoms with E-state index in [4.69, 9.17) is 0 Å². The molecule has 0 saturated carbocycles. The van der Waals surface area contributed by atoms with Gasteiger partial charge in [0.2, 0.25) is 11.8 Å². The Morgan fingerprint density at radius 1 is 0.667 bits per heavy atom. The third kappa shape index (κ3) is 6.10. The number of hydrogen-bond acceptors (Lipinski definition) is 3. The van der Waals surface area contributed by atoms with Gasteiger partial charge in [-0.05, 0) is 36.8 Å². The van der Waals surface area contributed by atoms with Crippen molar-refractivity contribution in [3.8, 4) is 11.1 Å². The molecule has 5 nitrogen and oxygen atoms in total. The lowest BCUT2D eigenvalue weighted by atomic mass is 9.94. The van der Waals surface area contributed by atoms with Gasteiger partial charge in [-0.1, -0.05) is 67.4 Å². The van der Waals surface area contributed by atoms with Crippen LogP contribution < -0.4 is 0 Å². The highest BCUT2D eigenvalue weighted by Crippen LogP contribution is 2.23. The summed E-state index contributed by atoms with van der Waals surface area (Å²) in [4.78, 5) is 42.0. The first-order valence-corrected chi connectivity index (χ1v) is 12.4. The number of hydrogen-bond donors (Lipinski definition) is 0. The number of ketones is 1. The van der Waals surface area contributed by atoms with Crippen LogP contribution in [-0.4, -0.2) is 53.6 Å². The second-order valence-corrected chi connectivity index (χ2v) is 9.26. The number of rotatable bonds is 6. The molecule has 2 aliphatic rings. The number of benzene rings is 2. The van der Waals surface area contributed by atoms with Gasteiger partial charge in [0.25, 0.3) is 0 Å². The molecular formula is C28H34N2O3. The van der Waals surface area contributed by atoms with Crippen molar-refractivity contribution in [3.63, 3.8) is 0 Å². The van der Waals surface area contributed by atoms with Crippen molar-refractivity contribution in [2.24, 2.45) is 5.92 Å². The lowest BCUT2D eigenvalue weighted by Gasteiger charge is -2.34. The van der Waals surface area contributed by atoms with E-state index in [-0.39, 0.29) is 36.4 Å². The molecule has 5 heteroatoms. The molecule has 4 rings (SSSR count). The monoisotopic (exact) mass is 446 g/mol. The summed E-state index contributed by atoms with van der Waals surface area (Å²) in [6.45, 7) is 2.99. The van der Waals surface area contributed by atoms with Crippen LogP contribution in [0.5, 0.6) is 0 Å². The highest BCUT2D eigenvalue weighted by Gasteiger charge is 2.30. The summed E-state index contributed by atoms with van der Waals surface area (Å²) in [7, 11) is 0. The maximum Gasteiger partial charge on any atom is 0.225 e. The molecular weight excluding hydrogens is 412 g/mol. The predicted octanol–water partition coefficient (Wildman–Crippen LogP) is 4.96. The van der Waals surface area contributed by atoms with Gasteiger partial charge >= 0.3 is 0 Å². The summed E-state index contributed by atoms with van der Waals surface area (Å²) < 4.78 is 0. The second-order valence-electron chi connectivity index (χ2n) is 9.26. The maximum absolute atomic E-state index is 12.8. The zero-order valence-electron chi connectivity index (χ0n) is 19.4. The van der Waals surface area contributed by atoms with Crippen LogP contribution >= 0.6 is 0 Å². The number of amides is 2. The summed E-state index contributed by atoms with van der Waals surface area (Å²) in [6, 6.07) is 17.6. The van der Waals surface area contributed by atoms with Gasteiger partial charge in [0.15, 0.2) is 5.78 Å². The second kappa shape index (κ2) is 11.3. The SMILES string of the molecule is O=C(CCC(=O)N1CCC(C(=O)N2CCCCCC2)CC1)c1ccc(-c2ccccc2)cc1. The summed E-state index contributed by atoms with van der Waals surface area (Å²) in [6.07, 6.45) is 6.55. The predicted molar refractivity (Wildman–Crippen MR) is 130 cm³/mol. The molecule has 0 bridgehead atoms. The van der Waals surface area contributed by atoms with E-state index in [1.165, 1.54) is 12.8 Å². The summed E-state index contributed by atoms with van der Waals surface area (Å²) in [5.41, 5.74) is 2.83. The Labute approximate surface area is 196 Å². The smallest absolute Gasteiger partial charge is 0.225 e. The van der Waals surface area contributed by atoms with E-state index in [1.54, 1.807) is 0 Å². The van der Waals surface area contributed by atoms with Crippen LogP contribution in [0.4, 0.5) is 0 Å². The highest BCUT2D eigenvalue weighted by atomic mass is 16.2. The standard InChI is InChI=1S/C28H34N2O3/c31-26(24-12-10-23(11-13-24)22-8-4-3-5-9-22)14-15-27(32)29-20-16-25(17-21-29)28(33)30-18-6-1-2-7-19-30/h3-5,8-13,25H,1-2,6-7,14-21H2. The Bertz CT molecular complexity index is 939. The highest BCUT2D eigenvalue weighted by molar-refractivity contribution is 5.98. The number of carbonyl (C=O) groups is 3. The van der Waals surface area contributed by atoms with Crippen molar-refractivity contribution in [2.45, 2.75) is 51.4 Å². The van der Waals surface area contributed by atoms with Crippen LogP contribution in [0.25, 0.3) is 11.1 Å². The molecule has 0 radical (unpaired) electrons. The fraction of sp³-hybridized carbons (Fsp3) is 0.464. The van der Waals surface area contributed by atoms with E-state index < -0.39 is 0 Å². The van der Waals surface area contributed by atoms with Gasteiger partial charge in [0.1, 0.15) is 0 Å². The lowest BCUT2D eigenvalue weighted by molar-refractivity contribution is -0.140. The zero-order chi connectivity index (χ0) is 23.0. The molecule has 174 valence electrons. The number of Topliss-reactive ketones (excluding diaryl/α,β-unsaturated/α-hetero) is 1. The average Bonchev–Trinajstić information content (AvgIpc) is 3.17. The van der Waals surface area contributed by atoms with Gasteiger partial charge in [-0.25, -0.2) is 0 Å². The average molecular weight is 447 g/mol. The van der Waals surface area contributed by atoms with Crippen molar-refractivity contribution >= 4 is 17.6 Å². The fourth-order valence-electron chi connectivity index (χ4n) is 4.93. The molecule has 2 heterocycles. The Balaban J connectivity index is 1.22. The molecule has 2 fully saturated rings. The number of nitrogens with zero attached hydrogens (tertiary/aromatic N) is 2. The minimum absolute atomic E-state index is 0.00538. The van der Waals surface area contributed by atoms with E-state index in [1.807, 2.05) is 64.4 Å². The third-order valence-electron chi connectivity index (χ3n) is 6.99. The van der Waals surface area contributed by atoms with Crippen LogP contribution in [0, 0.1) is 5.92 Å². The van der Waals surface area contributed by atoms with Crippen LogP contribution in [0.15, 0.2) is 54.6 Å². The topological polar surface area (TPSA) is 57.7 Å². The number of piperidine rings is 1. The van der Waals surface area contributed by atoms with Gasteiger partial charge in [0, 0.05) is 50.5 Å². The van der Waals surface area contributed by atoms with Crippen molar-refractivity contribution in [2.75, 3.05) is 26.2 Å². The van der Waals surface area contributed by atoms with E-state index in [2.05, 4.69) is 0 Å². The van der Waals surface area contributed by atoms with Crippen molar-refractivity contribution in [1.29, 1.82) is 0 Å². The fourth-order valence-corrected chi connectivity index (χ4v) is 4.93. The third-order valence-corrected chi connectivity index (χ3v) is 6.99. The molecule has 2 aromatic rings. The van der Waals surface area contributed by atoms with Crippen LogP contribution in [0.3, 0.4) is 0 Å². The van der Waals surface area contributed by atoms with Gasteiger partial charge in [0.05, 0.1) is 0 Å². The van der Waals surface area contributed by atoms with Crippen LogP contribution in [0.2, 0.25) is 0 Å². The van der Waals surface area contributed by atoms with Gasteiger partial charge in [-0.2, -0.15) is 0 Å². The number of carbonyl (C=O) groups excluding carboxylic acids is 3. The summed E-state index contributed by atoms with van der Waals surface area (Å²) in [5, 5.41) is 0. The molecule has 0 aromatic heterocycles. The van der Waals surface area contributed by atoms with Crippen molar-refractivity contribution < 1.29 is 14.4 Å². The molecule has 0 atom stereocenters. The minimum atomic E-state index is -0.00538. The molecule has 2 aromatic carbocycles. The van der Waals surface area contributed by atoms with Crippen molar-refractivity contribution in [1.82, 2.24) is 9.80 Å². The first-order chi connectivity index (χ1) is 16.1. The normalized spacial score (nSPS) is 17.5. The molecule has 2 amide bonds. The summed E-state index contributed by atoms with van der Waals surface area (Å²) >= 11 is 0. The van der Waals surface area contributed by atoms with Crippen LogP contribution in [-0.2, 0) is 9.59 Å². The lowest BCUT2D eigenvalue weighted by Crippen LogP contribution is -2.44. The quantitative estimate of drug-likeness (QED) is 0.590. The van der Waals surface area contributed by atoms with Gasteiger partial charge in [-0.15, -0.1) is 0 Å². The Morgan fingerprint density at radius 3 is 1.91 bits per heavy atom. The molecule has 33 heavy (non-hydrogen) atoms. The maximum atomic E-state index is 12.8. The first-order valence-electron chi connectivity index (χ1n) is 12.4. The van der Waals surface area contributed by atoms with Crippen LogP contribution in [0.1, 0.15) is 61.7 Å². The van der Waals surface area contributed by atoms with Gasteiger partial charge < -0.3 is 9.80 Å². The Kier molecular flexibility index (Phi) is 7.92. The minimum Gasteiger partial charge on any atom is -0.343 e. The number of likely N-dealkylation sites (tertiary alicyclic amines) is 2. The zero-order valence-corrected chi connectivity index (χ0v) is 19.4. The van der Waals surface area contributed by atoms with E-state index in [0.717, 1.165) is 49.9 Å². The molecule has 0 aliphatic carbocycles. The Morgan fingerprint density at radius 2 is 1.27 bits per heavy atom. The summed E-state index contributed by atoms with van der Waals surface area (Å²) in [5.74, 6) is 0.328.